The Morgan fingerprint density at radius 2 is 1.97 bits per heavy atom. The van der Waals surface area contributed by atoms with Crippen LogP contribution in [0, 0.1) is 6.92 Å². The molecule has 172 valence electrons. The number of hydrogen-bond acceptors (Lipinski definition) is 8. The van der Waals surface area contributed by atoms with Crippen LogP contribution in [-0.4, -0.2) is 54.2 Å². The largest absolute Gasteiger partial charge is 0.352 e. The van der Waals surface area contributed by atoms with E-state index in [9.17, 15) is 0 Å². The standard InChI is InChI=1S/C25H21N9S/c1-13-2-3-21(35-13)16-4-5-28-24-17(16)7-19(31-24)23-18-6-14(8-29-25(18)33-32-23)20-9-27-10-22(30-20)34-11-15(26)12-34/h2-10,15H,11-12,26H2,1H3,(H,28,31)(H,29,32,33). The number of anilines is 1. The van der Waals surface area contributed by atoms with Crippen molar-refractivity contribution in [1.29, 1.82) is 0 Å². The van der Waals surface area contributed by atoms with Gasteiger partial charge in [-0.05, 0) is 37.3 Å². The van der Waals surface area contributed by atoms with Gasteiger partial charge in [0.25, 0.3) is 0 Å². The van der Waals surface area contributed by atoms with E-state index < -0.39 is 0 Å². The third-order valence-corrected chi connectivity index (χ3v) is 7.40. The third kappa shape index (κ3) is 3.37. The molecule has 1 saturated heterocycles. The summed E-state index contributed by atoms with van der Waals surface area (Å²) in [6, 6.07) is 10.7. The lowest BCUT2D eigenvalue weighted by Crippen LogP contribution is -2.56. The smallest absolute Gasteiger partial charge is 0.181 e. The predicted octanol–water partition coefficient (Wildman–Crippen LogP) is 4.14. The molecule has 0 saturated carbocycles. The highest BCUT2D eigenvalue weighted by Crippen LogP contribution is 2.36. The van der Waals surface area contributed by atoms with Gasteiger partial charge >= 0.3 is 0 Å². The maximum absolute atomic E-state index is 5.93. The minimum atomic E-state index is 0.196. The van der Waals surface area contributed by atoms with E-state index in [0.29, 0.717) is 5.65 Å². The molecule has 0 aromatic carbocycles. The number of hydrogen-bond donors (Lipinski definition) is 3. The van der Waals surface area contributed by atoms with Crippen LogP contribution in [0.25, 0.3) is 55.2 Å². The van der Waals surface area contributed by atoms with Crippen molar-refractivity contribution in [3.05, 3.63) is 60.0 Å². The Balaban J connectivity index is 1.31. The number of thiophene rings is 1. The molecule has 0 bridgehead atoms. The molecule has 0 aliphatic carbocycles. The lowest BCUT2D eigenvalue weighted by Gasteiger charge is -2.37. The summed E-state index contributed by atoms with van der Waals surface area (Å²) in [5.74, 6) is 0.828. The van der Waals surface area contributed by atoms with Crippen LogP contribution >= 0.6 is 11.3 Å². The van der Waals surface area contributed by atoms with Crippen molar-refractivity contribution < 1.29 is 0 Å². The Labute approximate surface area is 204 Å². The minimum absolute atomic E-state index is 0.196. The summed E-state index contributed by atoms with van der Waals surface area (Å²) < 4.78 is 0. The van der Waals surface area contributed by atoms with Gasteiger partial charge in [-0.1, -0.05) is 0 Å². The molecule has 0 unspecified atom stereocenters. The Bertz CT molecular complexity index is 1710. The third-order valence-electron chi connectivity index (χ3n) is 6.37. The molecule has 6 aromatic heterocycles. The van der Waals surface area contributed by atoms with Crippen molar-refractivity contribution >= 4 is 39.2 Å². The van der Waals surface area contributed by atoms with Crippen molar-refractivity contribution in [3.63, 3.8) is 0 Å². The van der Waals surface area contributed by atoms with Gasteiger partial charge in [0.15, 0.2) is 5.65 Å². The summed E-state index contributed by atoms with van der Waals surface area (Å²) >= 11 is 1.78. The normalized spacial score (nSPS) is 14.2. The number of pyridine rings is 2. The van der Waals surface area contributed by atoms with E-state index in [2.05, 4.69) is 72.3 Å². The van der Waals surface area contributed by atoms with Crippen molar-refractivity contribution in [3.8, 4) is 33.1 Å². The maximum Gasteiger partial charge on any atom is 0.181 e. The van der Waals surface area contributed by atoms with Crippen LogP contribution in [0.5, 0.6) is 0 Å². The number of nitrogens with one attached hydrogen (secondary N) is 2. The molecule has 35 heavy (non-hydrogen) atoms. The van der Waals surface area contributed by atoms with E-state index in [1.54, 1.807) is 29.9 Å². The predicted molar refractivity (Wildman–Crippen MR) is 138 cm³/mol. The Hall–Kier alpha value is -4.15. The molecule has 1 aliphatic rings. The highest BCUT2D eigenvalue weighted by molar-refractivity contribution is 7.15. The van der Waals surface area contributed by atoms with Crippen molar-refractivity contribution in [2.45, 2.75) is 13.0 Å². The molecule has 0 amide bonds. The van der Waals surface area contributed by atoms with Crippen LogP contribution in [0.3, 0.4) is 0 Å². The van der Waals surface area contributed by atoms with Crippen molar-refractivity contribution in [2.75, 3.05) is 18.0 Å². The number of aromatic nitrogens is 7. The van der Waals surface area contributed by atoms with Gasteiger partial charge < -0.3 is 15.6 Å². The van der Waals surface area contributed by atoms with Crippen LogP contribution in [-0.2, 0) is 0 Å². The summed E-state index contributed by atoms with van der Waals surface area (Å²) in [5.41, 5.74) is 12.0. The summed E-state index contributed by atoms with van der Waals surface area (Å²) in [5, 5.41) is 9.56. The first-order chi connectivity index (χ1) is 17.1. The van der Waals surface area contributed by atoms with E-state index in [1.807, 2.05) is 6.20 Å². The topological polar surface area (TPSA) is 125 Å². The number of nitrogens with two attached hydrogens (primary N) is 1. The number of nitrogens with zero attached hydrogens (tertiary/aromatic N) is 6. The first kappa shape index (κ1) is 20.2. The van der Waals surface area contributed by atoms with E-state index in [-0.39, 0.29) is 6.04 Å². The zero-order chi connectivity index (χ0) is 23.5. The van der Waals surface area contributed by atoms with Crippen molar-refractivity contribution in [2.24, 2.45) is 5.73 Å². The van der Waals surface area contributed by atoms with Gasteiger partial charge in [0.2, 0.25) is 0 Å². The van der Waals surface area contributed by atoms with Crippen LogP contribution in [0.4, 0.5) is 5.82 Å². The van der Waals surface area contributed by atoms with Crippen molar-refractivity contribution in [1.82, 2.24) is 35.1 Å². The van der Waals surface area contributed by atoms with Gasteiger partial charge in [-0.3, -0.25) is 10.1 Å². The molecule has 7 rings (SSSR count). The molecule has 1 aliphatic heterocycles. The van der Waals surface area contributed by atoms with E-state index in [4.69, 9.17) is 10.7 Å². The first-order valence-corrected chi connectivity index (χ1v) is 12.2. The van der Waals surface area contributed by atoms with Crippen LogP contribution in [0.2, 0.25) is 0 Å². The molecule has 0 radical (unpaired) electrons. The molecule has 1 fully saturated rings. The SMILES string of the molecule is Cc1ccc(-c2ccnc3[nH]c(-c4[nH]nc5ncc(-c6cncc(N7CC(N)C7)n6)cc45)cc23)s1. The lowest BCUT2D eigenvalue weighted by molar-refractivity contribution is 0.514. The van der Waals surface area contributed by atoms with Gasteiger partial charge in [-0.15, -0.1) is 11.3 Å². The van der Waals surface area contributed by atoms with Gasteiger partial charge in [-0.25, -0.2) is 15.0 Å². The molecule has 9 nitrogen and oxygen atoms in total. The van der Waals surface area contributed by atoms with Gasteiger partial charge in [0.1, 0.15) is 11.5 Å². The van der Waals surface area contributed by atoms with Crippen LogP contribution < -0.4 is 10.6 Å². The average molecular weight is 480 g/mol. The van der Waals surface area contributed by atoms with Gasteiger partial charge in [0, 0.05) is 63.2 Å². The minimum Gasteiger partial charge on any atom is -0.352 e. The number of rotatable bonds is 4. The van der Waals surface area contributed by atoms with E-state index in [0.717, 1.165) is 63.5 Å². The number of aryl methyl sites for hydroxylation is 1. The Kier molecular flexibility index (Phi) is 4.45. The van der Waals surface area contributed by atoms with Gasteiger partial charge in [-0.2, -0.15) is 5.10 Å². The zero-order valence-corrected chi connectivity index (χ0v) is 19.7. The van der Waals surface area contributed by atoms with E-state index >= 15 is 0 Å². The second-order valence-corrected chi connectivity index (χ2v) is 10.1. The second kappa shape index (κ2) is 7.69. The van der Waals surface area contributed by atoms with Crippen LogP contribution in [0.1, 0.15) is 4.88 Å². The maximum atomic E-state index is 5.93. The Morgan fingerprint density at radius 1 is 1.06 bits per heavy atom. The molecule has 10 heteroatoms. The zero-order valence-electron chi connectivity index (χ0n) is 18.9. The molecule has 4 N–H and O–H groups in total. The quantitative estimate of drug-likeness (QED) is 0.347. The molecular weight excluding hydrogens is 458 g/mol. The summed E-state index contributed by atoms with van der Waals surface area (Å²) in [6.45, 7) is 3.71. The monoisotopic (exact) mass is 479 g/mol. The molecule has 7 heterocycles. The lowest BCUT2D eigenvalue weighted by atomic mass is 10.1. The fraction of sp³-hybridized carbons (Fsp3) is 0.160. The first-order valence-electron chi connectivity index (χ1n) is 11.3. The fourth-order valence-corrected chi connectivity index (χ4v) is 5.45. The number of aromatic amines is 2. The number of H-pyrrole nitrogens is 2. The van der Waals surface area contributed by atoms with E-state index in [1.165, 1.54) is 9.75 Å². The molecule has 0 atom stereocenters. The van der Waals surface area contributed by atoms with Gasteiger partial charge in [0.05, 0.1) is 29.5 Å². The highest BCUT2D eigenvalue weighted by Gasteiger charge is 2.25. The fourth-order valence-electron chi connectivity index (χ4n) is 4.55. The summed E-state index contributed by atoms with van der Waals surface area (Å²) in [7, 11) is 0. The summed E-state index contributed by atoms with van der Waals surface area (Å²) in [4.78, 5) is 26.4. The molecule has 6 aromatic rings. The average Bonchev–Trinajstić information content (AvgIpc) is 3.59. The van der Waals surface area contributed by atoms with Crippen LogP contribution in [0.15, 0.2) is 55.1 Å². The highest BCUT2D eigenvalue weighted by atomic mass is 32.1. The molecule has 0 spiro atoms. The second-order valence-electron chi connectivity index (χ2n) is 8.84. The Morgan fingerprint density at radius 3 is 2.80 bits per heavy atom. The number of fused-ring (bicyclic) bond motifs is 2. The molecular formula is C25H21N9S. The summed E-state index contributed by atoms with van der Waals surface area (Å²) in [6.07, 6.45) is 7.16.